The van der Waals surface area contributed by atoms with Crippen LogP contribution < -0.4 is 5.32 Å². The highest BCUT2D eigenvalue weighted by molar-refractivity contribution is 5.09. The van der Waals surface area contributed by atoms with E-state index in [-0.39, 0.29) is 0 Å². The van der Waals surface area contributed by atoms with Crippen LogP contribution in [0.4, 0.5) is 0 Å². The monoisotopic (exact) mass is 252 g/mol. The Hall–Kier alpha value is -0.120. The minimum absolute atomic E-state index is 0.530. The summed E-state index contributed by atoms with van der Waals surface area (Å²) in [5.74, 6) is 0.971. The maximum absolute atomic E-state index is 2.78. The molecule has 3 heterocycles. The molecule has 3 rings (SSSR count). The number of hydrogen-bond donors (Lipinski definition) is 1. The molecule has 3 aliphatic rings. The predicted molar refractivity (Wildman–Crippen MR) is 74.5 cm³/mol. The molecule has 0 amide bonds. The summed E-state index contributed by atoms with van der Waals surface area (Å²) in [6.45, 7) is 14.4. The van der Waals surface area contributed by atoms with Crippen molar-refractivity contribution in [1.29, 1.82) is 0 Å². The van der Waals surface area contributed by atoms with Gasteiger partial charge in [0, 0.05) is 56.4 Å². The first-order valence-corrected chi connectivity index (χ1v) is 7.73. The van der Waals surface area contributed by atoms with Crippen LogP contribution in [-0.2, 0) is 0 Å². The number of rotatable bonds is 2. The largest absolute Gasteiger partial charge is 0.346 e. The fraction of sp³-hybridized carbons (Fsp3) is 1.00. The number of fused-ring (bicyclic) bond motifs is 1. The average Bonchev–Trinajstić information content (AvgIpc) is 2.62. The van der Waals surface area contributed by atoms with Gasteiger partial charge in [0.1, 0.15) is 0 Å². The quantitative estimate of drug-likeness (QED) is 0.760. The van der Waals surface area contributed by atoms with Gasteiger partial charge in [0.25, 0.3) is 0 Å². The Labute approximate surface area is 112 Å². The molecule has 0 bridgehead atoms. The second kappa shape index (κ2) is 4.46. The van der Waals surface area contributed by atoms with E-state index in [4.69, 9.17) is 0 Å². The summed E-state index contributed by atoms with van der Waals surface area (Å²) in [5, 5.41) is 2.48. The lowest BCUT2D eigenvalue weighted by atomic mass is 9.71. The van der Waals surface area contributed by atoms with E-state index in [2.05, 4.69) is 36.0 Å². The van der Waals surface area contributed by atoms with E-state index in [9.17, 15) is 0 Å². The van der Waals surface area contributed by atoms with E-state index in [0.29, 0.717) is 10.8 Å². The van der Waals surface area contributed by atoms with Crippen LogP contribution in [0, 0.1) is 16.7 Å². The van der Waals surface area contributed by atoms with E-state index in [0.717, 1.165) is 5.92 Å². The van der Waals surface area contributed by atoms with Crippen molar-refractivity contribution in [2.45, 2.75) is 26.7 Å². The lowest BCUT2D eigenvalue weighted by Crippen LogP contribution is -2.86. The van der Waals surface area contributed by atoms with Gasteiger partial charge in [-0.2, -0.15) is 0 Å². The molecular weight excluding hydrogens is 222 g/mol. The average molecular weight is 252 g/mol. The van der Waals surface area contributed by atoms with Gasteiger partial charge in [0.05, 0.1) is 13.1 Å². The van der Waals surface area contributed by atoms with E-state index in [1.165, 1.54) is 58.7 Å². The Morgan fingerprint density at radius 1 is 1.00 bits per heavy atom. The zero-order chi connectivity index (χ0) is 12.8. The van der Waals surface area contributed by atoms with E-state index in [1.807, 2.05) is 0 Å². The van der Waals surface area contributed by atoms with Crippen molar-refractivity contribution in [3.8, 4) is 0 Å². The Kier molecular flexibility index (Phi) is 3.20. The molecule has 3 saturated heterocycles. The summed E-state index contributed by atoms with van der Waals surface area (Å²) in [7, 11) is 2.29. The summed E-state index contributed by atoms with van der Waals surface area (Å²) >= 11 is 0. The third-order valence-corrected chi connectivity index (χ3v) is 5.91. The third-order valence-electron chi connectivity index (χ3n) is 5.91. The molecule has 0 aliphatic carbocycles. The topological polar surface area (TPSA) is 23.1 Å². The molecule has 0 saturated carbocycles. The fourth-order valence-corrected chi connectivity index (χ4v) is 4.83. The summed E-state index contributed by atoms with van der Waals surface area (Å²) in [5.41, 5.74) is 1.06. The lowest BCUT2D eigenvalue weighted by Gasteiger charge is -2.31. The van der Waals surface area contributed by atoms with Crippen molar-refractivity contribution in [1.82, 2.24) is 9.80 Å². The first-order chi connectivity index (χ1) is 8.51. The zero-order valence-electron chi connectivity index (χ0n) is 12.4. The number of nitrogens with zero attached hydrogens (tertiary/aromatic N) is 2. The summed E-state index contributed by atoms with van der Waals surface area (Å²) in [6.07, 6.45) is 2.87. The second-order valence-corrected chi connectivity index (χ2v) is 7.77. The van der Waals surface area contributed by atoms with Crippen molar-refractivity contribution >= 4 is 0 Å². The minimum atomic E-state index is 0.530. The molecule has 2 unspecified atom stereocenters. The minimum Gasteiger partial charge on any atom is -0.346 e. The predicted octanol–water partition coefficient (Wildman–Crippen LogP) is 0.233. The summed E-state index contributed by atoms with van der Waals surface area (Å²) in [4.78, 5) is 5.32. The van der Waals surface area contributed by atoms with Gasteiger partial charge in [-0.25, -0.2) is 0 Å². The van der Waals surface area contributed by atoms with Crippen molar-refractivity contribution in [3.05, 3.63) is 0 Å². The highest BCUT2D eigenvalue weighted by Crippen LogP contribution is 2.51. The summed E-state index contributed by atoms with van der Waals surface area (Å²) in [6, 6.07) is 0. The van der Waals surface area contributed by atoms with Crippen molar-refractivity contribution < 1.29 is 5.32 Å². The van der Waals surface area contributed by atoms with Crippen LogP contribution in [0.1, 0.15) is 26.7 Å². The zero-order valence-corrected chi connectivity index (χ0v) is 12.4. The molecule has 0 spiro atoms. The molecule has 0 aromatic rings. The van der Waals surface area contributed by atoms with Gasteiger partial charge in [-0.3, -0.25) is 0 Å². The molecule has 104 valence electrons. The highest BCUT2D eigenvalue weighted by atomic mass is 15.3. The Balaban J connectivity index is 1.61. The highest BCUT2D eigenvalue weighted by Gasteiger charge is 2.56. The van der Waals surface area contributed by atoms with Crippen molar-refractivity contribution in [2.75, 3.05) is 52.9 Å². The maximum Gasteiger partial charge on any atom is 0.0758 e. The van der Waals surface area contributed by atoms with Crippen LogP contribution in [0.5, 0.6) is 0 Å². The molecule has 0 aromatic heterocycles. The SMILES string of the molecule is CN1CC2(C)CN(CC3CC[NH2+]CC3)CC2(C)C1. The number of quaternary nitrogens is 1. The molecule has 3 nitrogen and oxygen atoms in total. The second-order valence-electron chi connectivity index (χ2n) is 7.77. The Morgan fingerprint density at radius 3 is 2.11 bits per heavy atom. The van der Waals surface area contributed by atoms with E-state index in [1.54, 1.807) is 0 Å². The van der Waals surface area contributed by atoms with Gasteiger partial charge in [-0.1, -0.05) is 13.8 Å². The number of hydrogen-bond acceptors (Lipinski definition) is 2. The first-order valence-electron chi connectivity index (χ1n) is 7.73. The Morgan fingerprint density at radius 2 is 1.56 bits per heavy atom. The molecule has 2 N–H and O–H groups in total. The molecular formula is C15H30N3+. The molecule has 2 atom stereocenters. The Bertz CT molecular complexity index is 293. The third kappa shape index (κ3) is 2.10. The van der Waals surface area contributed by atoms with Crippen LogP contribution in [0.3, 0.4) is 0 Å². The fourth-order valence-electron chi connectivity index (χ4n) is 4.83. The molecule has 0 radical (unpaired) electrons. The van der Waals surface area contributed by atoms with Crippen LogP contribution in [0.2, 0.25) is 0 Å². The van der Waals surface area contributed by atoms with Crippen molar-refractivity contribution in [3.63, 3.8) is 0 Å². The van der Waals surface area contributed by atoms with Crippen LogP contribution in [0.25, 0.3) is 0 Å². The molecule has 3 heteroatoms. The molecule has 3 fully saturated rings. The van der Waals surface area contributed by atoms with Crippen LogP contribution >= 0.6 is 0 Å². The van der Waals surface area contributed by atoms with Gasteiger partial charge < -0.3 is 15.1 Å². The van der Waals surface area contributed by atoms with Gasteiger partial charge in [0.2, 0.25) is 0 Å². The first kappa shape index (κ1) is 12.9. The number of piperidine rings is 1. The molecule has 3 aliphatic heterocycles. The molecule has 18 heavy (non-hydrogen) atoms. The smallest absolute Gasteiger partial charge is 0.0758 e. The summed E-state index contributed by atoms with van der Waals surface area (Å²) < 4.78 is 0. The van der Waals surface area contributed by atoms with Gasteiger partial charge >= 0.3 is 0 Å². The van der Waals surface area contributed by atoms with Crippen LogP contribution in [-0.4, -0.2) is 62.7 Å². The van der Waals surface area contributed by atoms with E-state index >= 15 is 0 Å². The van der Waals surface area contributed by atoms with Gasteiger partial charge in [-0.05, 0) is 13.0 Å². The van der Waals surface area contributed by atoms with E-state index < -0.39 is 0 Å². The van der Waals surface area contributed by atoms with Crippen molar-refractivity contribution in [2.24, 2.45) is 16.7 Å². The molecule has 0 aromatic carbocycles. The van der Waals surface area contributed by atoms with Crippen LogP contribution in [0.15, 0.2) is 0 Å². The standard InChI is InChI=1S/C15H29N3/c1-14-9-17(3)10-15(14,2)12-18(11-14)8-13-4-6-16-7-5-13/h13,16H,4-12H2,1-3H3/p+1. The maximum atomic E-state index is 2.78. The number of nitrogens with two attached hydrogens (primary N) is 1. The number of likely N-dealkylation sites (tertiary alicyclic amines) is 2. The normalized spacial score (nSPS) is 43.5. The van der Waals surface area contributed by atoms with Gasteiger partial charge in [0.15, 0.2) is 0 Å². The lowest BCUT2D eigenvalue weighted by molar-refractivity contribution is -0.664. The van der Waals surface area contributed by atoms with Gasteiger partial charge in [-0.15, -0.1) is 0 Å².